The number of hydrogen-bond acceptors (Lipinski definition) is 3. The molecule has 1 saturated carbocycles. The molecule has 2 heterocycles. The summed E-state index contributed by atoms with van der Waals surface area (Å²) in [5, 5.41) is 3.81. The lowest BCUT2D eigenvalue weighted by Gasteiger charge is -2.49. The van der Waals surface area contributed by atoms with Gasteiger partial charge in [0.1, 0.15) is 0 Å². The van der Waals surface area contributed by atoms with E-state index >= 15 is 0 Å². The summed E-state index contributed by atoms with van der Waals surface area (Å²) in [5.74, 6) is 0. The third kappa shape index (κ3) is 3.20. The van der Waals surface area contributed by atoms with E-state index in [1.165, 1.54) is 71.0 Å². The Balaban J connectivity index is 1.56. The predicted octanol–water partition coefficient (Wildman–Crippen LogP) is 2.80. The number of hydrogen-bond donors (Lipinski definition) is 1. The number of likely N-dealkylation sites (tertiary alicyclic amines) is 1. The average Bonchev–Trinajstić information content (AvgIpc) is 2.47. The molecular weight excluding hydrogens is 248 g/mol. The lowest BCUT2D eigenvalue weighted by molar-refractivity contribution is -0.101. The van der Waals surface area contributed by atoms with Gasteiger partial charge in [-0.25, -0.2) is 0 Å². The Morgan fingerprint density at radius 1 is 0.900 bits per heavy atom. The lowest BCUT2D eigenvalue weighted by Crippen LogP contribution is -2.59. The first-order chi connectivity index (χ1) is 9.73. The van der Waals surface area contributed by atoms with Crippen LogP contribution in [0.4, 0.5) is 0 Å². The van der Waals surface area contributed by atoms with E-state index in [1.807, 2.05) is 0 Å². The van der Waals surface area contributed by atoms with Gasteiger partial charge in [-0.15, -0.1) is 0 Å². The molecule has 0 atom stereocenters. The Hall–Kier alpha value is -0.120. The van der Waals surface area contributed by atoms with Gasteiger partial charge in [-0.1, -0.05) is 32.6 Å². The summed E-state index contributed by atoms with van der Waals surface area (Å²) < 4.78 is 5.37. The number of nitrogens with zero attached hydrogens (tertiary/aromatic N) is 1. The fourth-order valence-electron chi connectivity index (χ4n) is 4.33. The maximum atomic E-state index is 5.37. The van der Waals surface area contributed by atoms with Crippen molar-refractivity contribution in [2.24, 2.45) is 5.41 Å². The second-order valence-corrected chi connectivity index (χ2v) is 7.74. The van der Waals surface area contributed by atoms with Gasteiger partial charge in [0.25, 0.3) is 0 Å². The van der Waals surface area contributed by atoms with E-state index in [4.69, 9.17) is 4.74 Å². The highest BCUT2D eigenvalue weighted by Crippen LogP contribution is 2.35. The lowest BCUT2D eigenvalue weighted by atomic mass is 9.78. The van der Waals surface area contributed by atoms with Crippen LogP contribution in [0.15, 0.2) is 0 Å². The first-order valence-electron chi connectivity index (χ1n) is 8.76. The maximum Gasteiger partial charge on any atom is 0.0554 e. The molecule has 3 heteroatoms. The van der Waals surface area contributed by atoms with E-state index < -0.39 is 0 Å². The monoisotopic (exact) mass is 280 g/mol. The van der Waals surface area contributed by atoms with Crippen molar-refractivity contribution < 1.29 is 4.74 Å². The molecule has 0 amide bonds. The number of rotatable bonds is 5. The zero-order valence-corrected chi connectivity index (χ0v) is 13.3. The summed E-state index contributed by atoms with van der Waals surface area (Å²) in [6.45, 7) is 9.22. The van der Waals surface area contributed by atoms with Crippen LogP contribution in [-0.2, 0) is 4.74 Å². The molecule has 116 valence electrons. The smallest absolute Gasteiger partial charge is 0.0554 e. The molecule has 0 radical (unpaired) electrons. The van der Waals surface area contributed by atoms with Gasteiger partial charge >= 0.3 is 0 Å². The van der Waals surface area contributed by atoms with Gasteiger partial charge in [0.15, 0.2) is 0 Å². The highest BCUT2D eigenvalue weighted by atomic mass is 16.5. The molecule has 3 rings (SSSR count). The molecule has 0 aromatic carbocycles. The van der Waals surface area contributed by atoms with Gasteiger partial charge in [0, 0.05) is 24.0 Å². The summed E-state index contributed by atoms with van der Waals surface area (Å²) in [5.41, 5.74) is 0.872. The molecule has 0 aromatic heterocycles. The molecule has 0 bridgehead atoms. The van der Waals surface area contributed by atoms with Crippen LogP contribution >= 0.6 is 0 Å². The molecule has 1 N–H and O–H groups in total. The van der Waals surface area contributed by atoms with Crippen molar-refractivity contribution in [2.75, 3.05) is 39.4 Å². The molecule has 2 saturated heterocycles. The Morgan fingerprint density at radius 2 is 1.55 bits per heavy atom. The van der Waals surface area contributed by atoms with Crippen LogP contribution in [0.5, 0.6) is 0 Å². The second kappa shape index (κ2) is 6.33. The van der Waals surface area contributed by atoms with Crippen molar-refractivity contribution in [2.45, 2.75) is 63.8 Å². The summed E-state index contributed by atoms with van der Waals surface area (Å²) >= 11 is 0. The molecule has 3 fully saturated rings. The Kier molecular flexibility index (Phi) is 4.68. The minimum atomic E-state index is 0.401. The van der Waals surface area contributed by atoms with Crippen LogP contribution in [0, 0.1) is 5.41 Å². The topological polar surface area (TPSA) is 24.5 Å². The van der Waals surface area contributed by atoms with Crippen molar-refractivity contribution in [1.29, 1.82) is 0 Å². The van der Waals surface area contributed by atoms with Gasteiger partial charge < -0.3 is 10.1 Å². The summed E-state index contributed by atoms with van der Waals surface area (Å²) in [4.78, 5) is 2.84. The van der Waals surface area contributed by atoms with Gasteiger partial charge in [-0.3, -0.25) is 4.90 Å². The summed E-state index contributed by atoms with van der Waals surface area (Å²) in [6.07, 6.45) is 11.4. The van der Waals surface area contributed by atoms with Gasteiger partial charge in [0.2, 0.25) is 0 Å². The summed E-state index contributed by atoms with van der Waals surface area (Å²) in [6, 6.07) is 0. The molecule has 0 spiro atoms. The molecular formula is C17H32N2O. The largest absolute Gasteiger partial charge is 0.380 e. The van der Waals surface area contributed by atoms with Crippen molar-refractivity contribution in [3.05, 3.63) is 0 Å². The van der Waals surface area contributed by atoms with Crippen molar-refractivity contribution in [3.8, 4) is 0 Å². The van der Waals surface area contributed by atoms with Gasteiger partial charge in [-0.2, -0.15) is 0 Å². The number of nitrogens with one attached hydrogen (secondary N) is 1. The molecule has 1 aliphatic carbocycles. The quantitative estimate of drug-likeness (QED) is 0.838. The van der Waals surface area contributed by atoms with Crippen LogP contribution in [0.2, 0.25) is 0 Å². The van der Waals surface area contributed by atoms with Crippen molar-refractivity contribution in [3.63, 3.8) is 0 Å². The van der Waals surface area contributed by atoms with Crippen LogP contribution in [-0.4, -0.2) is 49.8 Å². The predicted molar refractivity (Wildman–Crippen MR) is 83.0 cm³/mol. The van der Waals surface area contributed by atoms with Gasteiger partial charge in [0.05, 0.1) is 13.2 Å². The molecule has 2 aliphatic heterocycles. The van der Waals surface area contributed by atoms with Crippen LogP contribution in [0.1, 0.15) is 58.3 Å². The van der Waals surface area contributed by atoms with Crippen LogP contribution < -0.4 is 5.32 Å². The van der Waals surface area contributed by atoms with E-state index in [-0.39, 0.29) is 0 Å². The Bertz CT molecular complexity index is 302. The van der Waals surface area contributed by atoms with E-state index in [9.17, 15) is 0 Å². The SMILES string of the molecule is CC1(CNCC2(N3CCCCC3)CCCCC2)COC1. The number of piperidine rings is 1. The fourth-order valence-corrected chi connectivity index (χ4v) is 4.33. The highest BCUT2D eigenvalue weighted by Gasteiger charge is 2.39. The van der Waals surface area contributed by atoms with E-state index in [0.29, 0.717) is 11.0 Å². The Labute approximate surface area is 124 Å². The van der Waals surface area contributed by atoms with Crippen LogP contribution in [0.3, 0.4) is 0 Å². The van der Waals surface area contributed by atoms with Crippen molar-refractivity contribution in [1.82, 2.24) is 10.2 Å². The average molecular weight is 280 g/mol. The third-order valence-corrected chi connectivity index (χ3v) is 5.72. The molecule has 0 unspecified atom stereocenters. The van der Waals surface area contributed by atoms with E-state index in [2.05, 4.69) is 17.1 Å². The minimum absolute atomic E-state index is 0.401. The molecule has 3 aliphatic rings. The first-order valence-corrected chi connectivity index (χ1v) is 8.76. The van der Waals surface area contributed by atoms with E-state index in [0.717, 1.165) is 19.8 Å². The second-order valence-electron chi connectivity index (χ2n) is 7.74. The van der Waals surface area contributed by atoms with Crippen LogP contribution in [0.25, 0.3) is 0 Å². The Morgan fingerprint density at radius 3 is 2.15 bits per heavy atom. The fraction of sp³-hybridized carbons (Fsp3) is 1.00. The first kappa shape index (κ1) is 14.8. The molecule has 3 nitrogen and oxygen atoms in total. The normalized spacial score (nSPS) is 29.9. The standard InChI is InChI=1S/C17H32N2O/c1-16(14-20-15-16)12-18-13-17(8-4-2-5-9-17)19-10-6-3-7-11-19/h18H,2-15H2,1H3. The highest BCUT2D eigenvalue weighted by molar-refractivity contribution is 4.97. The minimum Gasteiger partial charge on any atom is -0.380 e. The zero-order chi connectivity index (χ0) is 13.9. The van der Waals surface area contributed by atoms with Gasteiger partial charge in [-0.05, 0) is 38.8 Å². The van der Waals surface area contributed by atoms with E-state index in [1.54, 1.807) is 0 Å². The third-order valence-electron chi connectivity index (χ3n) is 5.72. The molecule has 0 aromatic rings. The zero-order valence-electron chi connectivity index (χ0n) is 13.3. The maximum absolute atomic E-state index is 5.37. The summed E-state index contributed by atoms with van der Waals surface area (Å²) in [7, 11) is 0. The molecule has 20 heavy (non-hydrogen) atoms. The number of ether oxygens (including phenoxy) is 1. The van der Waals surface area contributed by atoms with Crippen molar-refractivity contribution >= 4 is 0 Å².